The summed E-state index contributed by atoms with van der Waals surface area (Å²) in [6.07, 6.45) is 3.40. The number of hydrogen-bond donors (Lipinski definition) is 1. The summed E-state index contributed by atoms with van der Waals surface area (Å²) in [5.41, 5.74) is 0.871. The summed E-state index contributed by atoms with van der Waals surface area (Å²) in [6, 6.07) is 5.68. The van der Waals surface area contributed by atoms with Crippen LogP contribution < -0.4 is 5.32 Å². The van der Waals surface area contributed by atoms with Crippen LogP contribution in [-0.2, 0) is 20.8 Å². The maximum absolute atomic E-state index is 12.0. The lowest BCUT2D eigenvalue weighted by molar-refractivity contribution is -0.185. The standard InChI is InChI=1S/C15H21N3O3/c19-14(17-11-13-3-1-2-6-16-13)12-18-7-4-15(5-8-18)20-9-10-21-15/h1-3,6H,4-5,7-12H2,(H,17,19). The van der Waals surface area contributed by atoms with E-state index in [1.54, 1.807) is 6.20 Å². The highest BCUT2D eigenvalue weighted by Gasteiger charge is 2.39. The van der Waals surface area contributed by atoms with Crippen molar-refractivity contribution in [2.24, 2.45) is 0 Å². The van der Waals surface area contributed by atoms with Crippen molar-refractivity contribution in [3.8, 4) is 0 Å². The van der Waals surface area contributed by atoms with E-state index >= 15 is 0 Å². The number of aromatic nitrogens is 1. The molecular weight excluding hydrogens is 270 g/mol. The summed E-state index contributed by atoms with van der Waals surface area (Å²) in [6.45, 7) is 3.93. The van der Waals surface area contributed by atoms with Gasteiger partial charge in [0, 0.05) is 32.1 Å². The number of likely N-dealkylation sites (tertiary alicyclic amines) is 1. The van der Waals surface area contributed by atoms with Crippen LogP contribution in [-0.4, -0.2) is 54.4 Å². The SMILES string of the molecule is O=C(CN1CCC2(CC1)OCCO2)NCc1ccccn1. The molecule has 1 spiro atoms. The maximum atomic E-state index is 12.0. The molecular formula is C15H21N3O3. The first-order valence-corrected chi connectivity index (χ1v) is 7.43. The highest BCUT2D eigenvalue weighted by atomic mass is 16.7. The summed E-state index contributed by atoms with van der Waals surface area (Å²) < 4.78 is 11.4. The monoisotopic (exact) mass is 291 g/mol. The molecule has 1 N–H and O–H groups in total. The second kappa shape index (κ2) is 6.51. The number of nitrogens with zero attached hydrogens (tertiary/aromatic N) is 2. The predicted octanol–water partition coefficient (Wildman–Crippen LogP) is 0.537. The van der Waals surface area contributed by atoms with Gasteiger partial charge < -0.3 is 14.8 Å². The Kier molecular flexibility index (Phi) is 4.48. The summed E-state index contributed by atoms with van der Waals surface area (Å²) >= 11 is 0. The lowest BCUT2D eigenvalue weighted by atomic mass is 10.0. The van der Waals surface area contributed by atoms with Crippen molar-refractivity contribution in [2.45, 2.75) is 25.2 Å². The van der Waals surface area contributed by atoms with E-state index in [4.69, 9.17) is 9.47 Å². The fourth-order valence-electron chi connectivity index (χ4n) is 2.79. The quantitative estimate of drug-likeness (QED) is 0.877. The molecule has 21 heavy (non-hydrogen) atoms. The summed E-state index contributed by atoms with van der Waals surface area (Å²) in [4.78, 5) is 18.3. The molecule has 6 heteroatoms. The van der Waals surface area contributed by atoms with Crippen molar-refractivity contribution in [1.29, 1.82) is 0 Å². The number of rotatable bonds is 4. The third kappa shape index (κ3) is 3.78. The van der Waals surface area contributed by atoms with Crippen LogP contribution in [0.25, 0.3) is 0 Å². The molecule has 0 bridgehead atoms. The van der Waals surface area contributed by atoms with Gasteiger partial charge in [-0.05, 0) is 12.1 Å². The third-order valence-corrected chi connectivity index (χ3v) is 3.99. The van der Waals surface area contributed by atoms with Crippen LogP contribution in [0.5, 0.6) is 0 Å². The molecule has 1 aromatic rings. The summed E-state index contributed by atoms with van der Waals surface area (Å²) in [5.74, 6) is -0.342. The molecule has 1 aromatic heterocycles. The van der Waals surface area contributed by atoms with Crippen LogP contribution in [0.4, 0.5) is 0 Å². The number of pyridine rings is 1. The Bertz CT molecular complexity index is 464. The Balaban J connectivity index is 1.40. The largest absolute Gasteiger partial charge is 0.349 e. The van der Waals surface area contributed by atoms with Gasteiger partial charge in [-0.15, -0.1) is 0 Å². The Labute approximate surface area is 124 Å². The van der Waals surface area contributed by atoms with E-state index in [1.807, 2.05) is 18.2 Å². The number of nitrogens with one attached hydrogen (secondary N) is 1. The zero-order valence-corrected chi connectivity index (χ0v) is 12.1. The molecule has 0 saturated carbocycles. The van der Waals surface area contributed by atoms with E-state index in [-0.39, 0.29) is 11.7 Å². The zero-order chi connectivity index (χ0) is 14.5. The topological polar surface area (TPSA) is 63.7 Å². The van der Waals surface area contributed by atoms with E-state index < -0.39 is 0 Å². The molecule has 2 saturated heterocycles. The fourth-order valence-corrected chi connectivity index (χ4v) is 2.79. The molecule has 2 aliphatic heterocycles. The van der Waals surface area contributed by atoms with Gasteiger partial charge in [-0.25, -0.2) is 0 Å². The first-order chi connectivity index (χ1) is 10.3. The molecule has 6 nitrogen and oxygen atoms in total. The normalized spacial score (nSPS) is 21.5. The minimum Gasteiger partial charge on any atom is -0.349 e. The molecule has 1 amide bonds. The first kappa shape index (κ1) is 14.4. The Morgan fingerprint density at radius 1 is 1.29 bits per heavy atom. The minimum atomic E-state index is -0.374. The van der Waals surface area contributed by atoms with Crippen LogP contribution in [0.3, 0.4) is 0 Å². The summed E-state index contributed by atoms with van der Waals surface area (Å²) in [5, 5.41) is 2.90. The minimum absolute atomic E-state index is 0.0323. The Hall–Kier alpha value is -1.50. The molecule has 0 atom stereocenters. The van der Waals surface area contributed by atoms with Gasteiger partial charge in [-0.2, -0.15) is 0 Å². The highest BCUT2D eigenvalue weighted by Crippen LogP contribution is 2.30. The van der Waals surface area contributed by atoms with Crippen LogP contribution in [0.1, 0.15) is 18.5 Å². The predicted molar refractivity (Wildman–Crippen MR) is 76.4 cm³/mol. The van der Waals surface area contributed by atoms with Crippen molar-refractivity contribution >= 4 is 5.91 Å². The highest BCUT2D eigenvalue weighted by molar-refractivity contribution is 5.77. The molecule has 114 valence electrons. The second-order valence-electron chi connectivity index (χ2n) is 5.48. The average molecular weight is 291 g/mol. The van der Waals surface area contributed by atoms with E-state index in [2.05, 4.69) is 15.2 Å². The lowest BCUT2D eigenvalue weighted by Crippen LogP contribution is -2.48. The van der Waals surface area contributed by atoms with Crippen LogP contribution in [0.2, 0.25) is 0 Å². The van der Waals surface area contributed by atoms with Gasteiger partial charge in [-0.3, -0.25) is 14.7 Å². The number of ether oxygens (including phenoxy) is 2. The first-order valence-electron chi connectivity index (χ1n) is 7.43. The summed E-state index contributed by atoms with van der Waals surface area (Å²) in [7, 11) is 0. The van der Waals surface area contributed by atoms with Gasteiger partial charge >= 0.3 is 0 Å². The van der Waals surface area contributed by atoms with Gasteiger partial charge in [0.05, 0.1) is 32.0 Å². The molecule has 0 aliphatic carbocycles. The van der Waals surface area contributed by atoms with E-state index in [0.29, 0.717) is 26.3 Å². The van der Waals surface area contributed by atoms with Crippen molar-refractivity contribution in [1.82, 2.24) is 15.2 Å². The Morgan fingerprint density at radius 3 is 2.71 bits per heavy atom. The van der Waals surface area contributed by atoms with Gasteiger partial charge in [0.25, 0.3) is 0 Å². The van der Waals surface area contributed by atoms with Gasteiger partial charge in [0.2, 0.25) is 5.91 Å². The van der Waals surface area contributed by atoms with Gasteiger partial charge in [0.1, 0.15) is 0 Å². The second-order valence-corrected chi connectivity index (χ2v) is 5.48. The molecule has 3 heterocycles. The molecule has 3 rings (SSSR count). The van der Waals surface area contributed by atoms with Gasteiger partial charge in [-0.1, -0.05) is 6.07 Å². The third-order valence-electron chi connectivity index (χ3n) is 3.99. The maximum Gasteiger partial charge on any atom is 0.234 e. The lowest BCUT2D eigenvalue weighted by Gasteiger charge is -2.37. The smallest absolute Gasteiger partial charge is 0.234 e. The van der Waals surface area contributed by atoms with Crippen molar-refractivity contribution in [3.05, 3.63) is 30.1 Å². The van der Waals surface area contributed by atoms with E-state index in [1.165, 1.54) is 0 Å². The number of carbonyl (C=O) groups is 1. The number of piperidine rings is 1. The number of hydrogen-bond acceptors (Lipinski definition) is 5. The number of carbonyl (C=O) groups excluding carboxylic acids is 1. The van der Waals surface area contributed by atoms with E-state index in [0.717, 1.165) is 31.6 Å². The van der Waals surface area contributed by atoms with Gasteiger partial charge in [0.15, 0.2) is 5.79 Å². The van der Waals surface area contributed by atoms with Crippen LogP contribution in [0.15, 0.2) is 24.4 Å². The fraction of sp³-hybridized carbons (Fsp3) is 0.600. The van der Waals surface area contributed by atoms with Crippen LogP contribution in [0, 0.1) is 0 Å². The number of amides is 1. The zero-order valence-electron chi connectivity index (χ0n) is 12.1. The average Bonchev–Trinajstić information content (AvgIpc) is 2.97. The van der Waals surface area contributed by atoms with Crippen molar-refractivity contribution in [2.75, 3.05) is 32.8 Å². The van der Waals surface area contributed by atoms with Crippen molar-refractivity contribution < 1.29 is 14.3 Å². The molecule has 0 aromatic carbocycles. The van der Waals surface area contributed by atoms with Crippen molar-refractivity contribution in [3.63, 3.8) is 0 Å². The molecule has 2 aliphatic rings. The molecule has 2 fully saturated rings. The molecule has 0 radical (unpaired) electrons. The Morgan fingerprint density at radius 2 is 2.05 bits per heavy atom. The van der Waals surface area contributed by atoms with E-state index in [9.17, 15) is 4.79 Å². The van der Waals surface area contributed by atoms with Crippen LogP contribution >= 0.6 is 0 Å². The molecule has 0 unspecified atom stereocenters.